The molecule has 0 aliphatic rings. The van der Waals surface area contributed by atoms with Crippen molar-refractivity contribution in [1.82, 2.24) is 0 Å². The number of rotatable bonds is 5. The second-order valence-electron chi connectivity index (χ2n) is 5.32. The molecule has 0 heterocycles. The SMILES string of the molecule is CC(C)OC(=O)c1ccccc1.CCCOC(=O)c1ccccc1. The summed E-state index contributed by atoms with van der Waals surface area (Å²) in [5, 5.41) is 0. The molecule has 4 heteroatoms. The molecule has 0 fully saturated rings. The Morgan fingerprint density at radius 1 is 0.833 bits per heavy atom. The summed E-state index contributed by atoms with van der Waals surface area (Å²) < 4.78 is 9.94. The molecule has 4 nitrogen and oxygen atoms in total. The zero-order chi connectivity index (χ0) is 17.8. The van der Waals surface area contributed by atoms with E-state index in [0.717, 1.165) is 6.42 Å². The van der Waals surface area contributed by atoms with Gasteiger partial charge in [-0.25, -0.2) is 9.59 Å². The van der Waals surface area contributed by atoms with Gasteiger partial charge in [-0.15, -0.1) is 0 Å². The Morgan fingerprint density at radius 2 is 1.29 bits per heavy atom. The van der Waals surface area contributed by atoms with Crippen LogP contribution in [-0.4, -0.2) is 24.6 Å². The van der Waals surface area contributed by atoms with Gasteiger partial charge in [-0.3, -0.25) is 0 Å². The van der Waals surface area contributed by atoms with Crippen molar-refractivity contribution in [3.63, 3.8) is 0 Å². The lowest BCUT2D eigenvalue weighted by Crippen LogP contribution is -2.11. The quantitative estimate of drug-likeness (QED) is 0.758. The van der Waals surface area contributed by atoms with E-state index in [1.807, 2.05) is 57.2 Å². The lowest BCUT2D eigenvalue weighted by atomic mass is 10.2. The third kappa shape index (κ3) is 7.58. The van der Waals surface area contributed by atoms with Crippen LogP contribution in [-0.2, 0) is 9.47 Å². The molecule has 0 amide bonds. The summed E-state index contributed by atoms with van der Waals surface area (Å²) >= 11 is 0. The Hall–Kier alpha value is -2.62. The molecule has 0 aliphatic carbocycles. The molecule has 24 heavy (non-hydrogen) atoms. The van der Waals surface area contributed by atoms with Crippen molar-refractivity contribution >= 4 is 11.9 Å². The van der Waals surface area contributed by atoms with E-state index in [4.69, 9.17) is 9.47 Å². The summed E-state index contributed by atoms with van der Waals surface area (Å²) in [6, 6.07) is 18.0. The predicted octanol–water partition coefficient (Wildman–Crippen LogP) is 4.51. The van der Waals surface area contributed by atoms with Crippen LogP contribution in [0.25, 0.3) is 0 Å². The molecule has 0 radical (unpaired) electrons. The summed E-state index contributed by atoms with van der Waals surface area (Å²) in [4.78, 5) is 22.4. The van der Waals surface area contributed by atoms with Crippen molar-refractivity contribution in [1.29, 1.82) is 0 Å². The first-order chi connectivity index (χ1) is 11.5. The first kappa shape index (κ1) is 19.4. The minimum atomic E-state index is -0.259. The normalized spacial score (nSPS) is 9.67. The van der Waals surface area contributed by atoms with Gasteiger partial charge >= 0.3 is 11.9 Å². The van der Waals surface area contributed by atoms with Crippen LogP contribution in [0.5, 0.6) is 0 Å². The molecule has 0 bridgehead atoms. The van der Waals surface area contributed by atoms with E-state index in [1.54, 1.807) is 24.3 Å². The van der Waals surface area contributed by atoms with Crippen LogP contribution >= 0.6 is 0 Å². The summed E-state index contributed by atoms with van der Waals surface area (Å²) in [7, 11) is 0. The highest BCUT2D eigenvalue weighted by atomic mass is 16.5. The molecule has 0 unspecified atom stereocenters. The van der Waals surface area contributed by atoms with Gasteiger partial charge in [0.25, 0.3) is 0 Å². The first-order valence-electron chi connectivity index (χ1n) is 8.02. The molecular formula is C20H24O4. The molecule has 0 atom stereocenters. The molecular weight excluding hydrogens is 304 g/mol. The van der Waals surface area contributed by atoms with Gasteiger partial charge in [-0.1, -0.05) is 43.3 Å². The van der Waals surface area contributed by atoms with Crippen molar-refractivity contribution in [3.05, 3.63) is 71.8 Å². The highest BCUT2D eigenvalue weighted by Crippen LogP contribution is 2.03. The second kappa shape index (κ2) is 11.0. The molecule has 0 aromatic heterocycles. The average Bonchev–Trinajstić information content (AvgIpc) is 2.61. The lowest BCUT2D eigenvalue weighted by Gasteiger charge is -2.06. The summed E-state index contributed by atoms with van der Waals surface area (Å²) in [5.74, 6) is -0.497. The van der Waals surface area contributed by atoms with Crippen LogP contribution in [0.4, 0.5) is 0 Å². The van der Waals surface area contributed by atoms with Crippen molar-refractivity contribution in [2.75, 3.05) is 6.61 Å². The molecule has 0 aliphatic heterocycles. The Morgan fingerprint density at radius 3 is 1.71 bits per heavy atom. The lowest BCUT2D eigenvalue weighted by molar-refractivity contribution is 0.0377. The fourth-order valence-electron chi connectivity index (χ4n) is 1.71. The van der Waals surface area contributed by atoms with Crippen LogP contribution in [0.1, 0.15) is 47.9 Å². The third-order valence-electron chi connectivity index (χ3n) is 2.80. The van der Waals surface area contributed by atoms with E-state index in [-0.39, 0.29) is 18.0 Å². The van der Waals surface area contributed by atoms with Crippen molar-refractivity contribution in [2.45, 2.75) is 33.3 Å². The number of hydrogen-bond acceptors (Lipinski definition) is 4. The summed E-state index contributed by atoms with van der Waals surface area (Å²) in [6.07, 6.45) is 0.802. The Kier molecular flexibility index (Phi) is 8.90. The van der Waals surface area contributed by atoms with Crippen molar-refractivity contribution in [3.8, 4) is 0 Å². The number of esters is 2. The highest BCUT2D eigenvalue weighted by Gasteiger charge is 2.06. The fourth-order valence-corrected chi connectivity index (χ4v) is 1.71. The highest BCUT2D eigenvalue weighted by molar-refractivity contribution is 5.89. The van der Waals surface area contributed by atoms with Gasteiger partial charge in [0.1, 0.15) is 0 Å². The van der Waals surface area contributed by atoms with Crippen molar-refractivity contribution < 1.29 is 19.1 Å². The maximum absolute atomic E-state index is 11.2. The van der Waals surface area contributed by atoms with Crippen LogP contribution < -0.4 is 0 Å². The number of carbonyl (C=O) groups is 2. The average molecular weight is 328 g/mol. The molecule has 0 spiro atoms. The van der Waals surface area contributed by atoms with Gasteiger partial charge in [0.05, 0.1) is 23.8 Å². The van der Waals surface area contributed by atoms with Gasteiger partial charge in [-0.2, -0.15) is 0 Å². The van der Waals surface area contributed by atoms with E-state index in [0.29, 0.717) is 17.7 Å². The summed E-state index contributed by atoms with van der Waals surface area (Å²) in [6.45, 7) is 6.13. The van der Waals surface area contributed by atoms with Gasteiger partial charge in [0, 0.05) is 0 Å². The molecule has 2 aromatic carbocycles. The van der Waals surface area contributed by atoms with Crippen LogP contribution in [0.2, 0.25) is 0 Å². The topological polar surface area (TPSA) is 52.6 Å². The molecule has 0 N–H and O–H groups in total. The largest absolute Gasteiger partial charge is 0.462 e. The Labute approximate surface area is 143 Å². The molecule has 0 saturated carbocycles. The number of benzene rings is 2. The zero-order valence-electron chi connectivity index (χ0n) is 14.4. The number of carbonyl (C=O) groups excluding carboxylic acids is 2. The van der Waals surface area contributed by atoms with E-state index >= 15 is 0 Å². The minimum Gasteiger partial charge on any atom is -0.462 e. The number of ether oxygens (including phenoxy) is 2. The fraction of sp³-hybridized carbons (Fsp3) is 0.300. The van der Waals surface area contributed by atoms with E-state index < -0.39 is 0 Å². The van der Waals surface area contributed by atoms with E-state index in [2.05, 4.69) is 0 Å². The van der Waals surface area contributed by atoms with E-state index in [9.17, 15) is 9.59 Å². The first-order valence-corrected chi connectivity index (χ1v) is 8.02. The van der Waals surface area contributed by atoms with Crippen LogP contribution in [0.3, 0.4) is 0 Å². The van der Waals surface area contributed by atoms with Crippen molar-refractivity contribution in [2.24, 2.45) is 0 Å². The maximum Gasteiger partial charge on any atom is 0.338 e. The Balaban J connectivity index is 0.000000240. The third-order valence-corrected chi connectivity index (χ3v) is 2.80. The van der Waals surface area contributed by atoms with Crippen LogP contribution in [0.15, 0.2) is 60.7 Å². The molecule has 128 valence electrons. The van der Waals surface area contributed by atoms with E-state index in [1.165, 1.54) is 0 Å². The standard InChI is InChI=1S/2C10H12O2/c1-8(2)12-10(11)9-6-4-3-5-7-9;1-2-8-12-10(11)9-6-4-3-5-7-9/h3-8H,1-2H3;3-7H,2,8H2,1H3. The second-order valence-corrected chi connectivity index (χ2v) is 5.32. The summed E-state index contributed by atoms with van der Waals surface area (Å²) in [5.41, 5.74) is 1.22. The molecule has 2 rings (SSSR count). The van der Waals surface area contributed by atoms with Gasteiger partial charge in [0.2, 0.25) is 0 Å². The number of hydrogen-bond donors (Lipinski definition) is 0. The van der Waals surface area contributed by atoms with Crippen LogP contribution in [0, 0.1) is 0 Å². The van der Waals surface area contributed by atoms with Gasteiger partial charge in [0.15, 0.2) is 0 Å². The Bertz CT molecular complexity index is 606. The maximum atomic E-state index is 11.2. The smallest absolute Gasteiger partial charge is 0.338 e. The zero-order valence-corrected chi connectivity index (χ0v) is 14.4. The minimum absolute atomic E-state index is 0.0577. The monoisotopic (exact) mass is 328 g/mol. The van der Waals surface area contributed by atoms with Gasteiger partial charge in [-0.05, 0) is 44.5 Å². The van der Waals surface area contributed by atoms with Gasteiger partial charge < -0.3 is 9.47 Å². The molecule has 2 aromatic rings. The predicted molar refractivity (Wildman–Crippen MR) is 94.0 cm³/mol. The molecule has 0 saturated heterocycles.